The molecule has 0 saturated carbocycles. The molecule has 3 rings (SSSR count). The minimum Gasteiger partial charge on any atom is -0.493 e. The van der Waals surface area contributed by atoms with Gasteiger partial charge in [0.25, 0.3) is 0 Å². The van der Waals surface area contributed by atoms with Crippen LogP contribution in [0.1, 0.15) is 16.7 Å². The van der Waals surface area contributed by atoms with Crippen LogP contribution in [-0.4, -0.2) is 7.11 Å². The zero-order valence-corrected chi connectivity index (χ0v) is 18.6. The third kappa shape index (κ3) is 5.55. The zero-order valence-electron chi connectivity index (χ0n) is 15.5. The van der Waals surface area contributed by atoms with Crippen molar-refractivity contribution < 1.29 is 9.47 Å². The number of hydrogen-bond acceptors (Lipinski definition) is 3. The minimum atomic E-state index is 0.346. The predicted octanol–water partition coefficient (Wildman–Crippen LogP) is 7.41. The highest BCUT2D eigenvalue weighted by atomic mass is 79.9. The van der Waals surface area contributed by atoms with Crippen molar-refractivity contribution in [2.45, 2.75) is 6.61 Å². The number of hydrogen-bond donors (Lipinski definition) is 0. The zero-order chi connectivity index (χ0) is 20.8. The summed E-state index contributed by atoms with van der Waals surface area (Å²) < 4.78 is 12.2. The van der Waals surface area contributed by atoms with Gasteiger partial charge in [0.1, 0.15) is 6.61 Å². The molecule has 0 aromatic heterocycles. The molecule has 0 aliphatic carbocycles. The number of ether oxygens (including phenoxy) is 2. The van der Waals surface area contributed by atoms with E-state index in [0.29, 0.717) is 33.7 Å². The number of nitrogens with zero attached hydrogens (tertiary/aromatic N) is 1. The first-order chi connectivity index (χ1) is 14.0. The Hall–Kier alpha value is -2.45. The fraction of sp³-hybridized carbons (Fsp3) is 0.0870. The second kappa shape index (κ2) is 9.84. The summed E-state index contributed by atoms with van der Waals surface area (Å²) in [4.78, 5) is 0. The Morgan fingerprint density at radius 1 is 1.07 bits per heavy atom. The van der Waals surface area contributed by atoms with E-state index in [1.807, 2.05) is 48.5 Å². The molecule has 3 nitrogen and oxygen atoms in total. The second-order valence-corrected chi connectivity index (χ2v) is 7.86. The summed E-state index contributed by atoms with van der Waals surface area (Å²) in [6.07, 6.45) is 1.79. The number of nitriles is 1. The summed E-state index contributed by atoms with van der Waals surface area (Å²) >= 11 is 15.5. The molecule has 3 aromatic rings. The van der Waals surface area contributed by atoms with Crippen molar-refractivity contribution in [2.75, 3.05) is 7.11 Å². The largest absolute Gasteiger partial charge is 0.493 e. The highest BCUT2D eigenvalue weighted by Gasteiger charge is 2.12. The van der Waals surface area contributed by atoms with Crippen LogP contribution in [0, 0.1) is 11.3 Å². The molecule has 0 N–H and O–H groups in total. The van der Waals surface area contributed by atoms with Crippen LogP contribution >= 0.6 is 39.1 Å². The molecule has 0 radical (unpaired) electrons. The van der Waals surface area contributed by atoms with E-state index in [-0.39, 0.29) is 0 Å². The van der Waals surface area contributed by atoms with E-state index < -0.39 is 0 Å². The normalized spacial score (nSPS) is 11.1. The summed E-state index contributed by atoms with van der Waals surface area (Å²) in [6, 6.07) is 20.5. The van der Waals surface area contributed by atoms with Crippen LogP contribution < -0.4 is 9.47 Å². The lowest BCUT2D eigenvalue weighted by Gasteiger charge is -2.14. The average Bonchev–Trinajstić information content (AvgIpc) is 2.71. The maximum absolute atomic E-state index is 9.56. The Labute approximate surface area is 188 Å². The molecule has 29 heavy (non-hydrogen) atoms. The Morgan fingerprint density at radius 2 is 1.83 bits per heavy atom. The van der Waals surface area contributed by atoms with E-state index in [9.17, 15) is 5.26 Å². The molecule has 0 saturated heterocycles. The predicted molar refractivity (Wildman–Crippen MR) is 121 cm³/mol. The van der Waals surface area contributed by atoms with Gasteiger partial charge in [0.2, 0.25) is 0 Å². The lowest BCUT2D eigenvalue weighted by molar-refractivity contribution is 0.282. The lowest BCUT2D eigenvalue weighted by atomic mass is 10.0. The highest BCUT2D eigenvalue weighted by Crippen LogP contribution is 2.38. The number of methoxy groups -OCH3 is 1. The third-order valence-electron chi connectivity index (χ3n) is 4.11. The van der Waals surface area contributed by atoms with Gasteiger partial charge < -0.3 is 9.47 Å². The number of benzene rings is 3. The Bertz CT molecular complexity index is 1090. The summed E-state index contributed by atoms with van der Waals surface area (Å²) in [5, 5.41) is 10.8. The molecule has 0 unspecified atom stereocenters. The van der Waals surface area contributed by atoms with Crippen LogP contribution in [-0.2, 0) is 6.61 Å². The molecule has 0 amide bonds. The minimum absolute atomic E-state index is 0.346. The molecule has 0 heterocycles. The van der Waals surface area contributed by atoms with Gasteiger partial charge in [-0.3, -0.25) is 0 Å². The summed E-state index contributed by atoms with van der Waals surface area (Å²) in [5.41, 5.74) is 3.05. The van der Waals surface area contributed by atoms with Crippen molar-refractivity contribution in [3.63, 3.8) is 0 Å². The fourth-order valence-corrected chi connectivity index (χ4v) is 3.63. The van der Waals surface area contributed by atoms with Crippen LogP contribution in [0.25, 0.3) is 11.6 Å². The second-order valence-electron chi connectivity index (χ2n) is 6.13. The summed E-state index contributed by atoms with van der Waals surface area (Å²) in [5.74, 6) is 1.13. The summed E-state index contributed by atoms with van der Waals surface area (Å²) in [7, 11) is 1.58. The van der Waals surface area contributed by atoms with E-state index in [2.05, 4.69) is 22.0 Å². The number of halogens is 3. The van der Waals surface area contributed by atoms with Crippen molar-refractivity contribution in [3.8, 4) is 17.6 Å². The lowest BCUT2D eigenvalue weighted by Crippen LogP contribution is -1.99. The first-order valence-corrected chi connectivity index (χ1v) is 10.2. The van der Waals surface area contributed by atoms with Gasteiger partial charge in [0.15, 0.2) is 11.5 Å². The molecular weight excluding hydrogens is 473 g/mol. The molecule has 0 aliphatic rings. The molecule has 0 fully saturated rings. The van der Waals surface area contributed by atoms with Crippen molar-refractivity contribution in [1.29, 1.82) is 5.26 Å². The quantitative estimate of drug-likeness (QED) is 0.268. The van der Waals surface area contributed by atoms with E-state index in [1.165, 1.54) is 0 Å². The van der Waals surface area contributed by atoms with Crippen LogP contribution in [0.2, 0.25) is 10.0 Å². The molecule has 0 aliphatic heterocycles. The Morgan fingerprint density at radius 3 is 2.48 bits per heavy atom. The standard InChI is InChI=1S/C23H16BrCl2NO2/c1-28-22-12-16(9-18(13-27)17-5-7-19(25)8-6-17)11-21(24)23(22)29-14-15-3-2-4-20(26)10-15/h2-12H,14H2,1H3/b18-9+. The van der Waals surface area contributed by atoms with Crippen LogP contribution in [0.4, 0.5) is 0 Å². The average molecular weight is 489 g/mol. The fourth-order valence-electron chi connectivity index (χ4n) is 2.72. The molecule has 146 valence electrons. The number of rotatable bonds is 6. The first-order valence-electron chi connectivity index (χ1n) is 8.62. The van der Waals surface area contributed by atoms with Crippen molar-refractivity contribution in [1.82, 2.24) is 0 Å². The van der Waals surface area contributed by atoms with E-state index in [0.717, 1.165) is 21.2 Å². The van der Waals surface area contributed by atoms with Crippen LogP contribution in [0.3, 0.4) is 0 Å². The van der Waals surface area contributed by atoms with E-state index in [1.54, 1.807) is 25.3 Å². The van der Waals surface area contributed by atoms with Crippen molar-refractivity contribution >= 4 is 50.8 Å². The Kier molecular flexibility index (Phi) is 7.22. The molecule has 0 atom stereocenters. The number of allylic oxidation sites excluding steroid dienone is 1. The topological polar surface area (TPSA) is 42.2 Å². The van der Waals surface area contributed by atoms with Crippen molar-refractivity contribution in [3.05, 3.63) is 91.9 Å². The molecule has 3 aromatic carbocycles. The van der Waals surface area contributed by atoms with Gasteiger partial charge in [-0.25, -0.2) is 0 Å². The van der Waals surface area contributed by atoms with Crippen LogP contribution in [0.15, 0.2) is 65.1 Å². The molecular formula is C23H16BrCl2NO2. The molecule has 0 bridgehead atoms. The van der Waals surface area contributed by atoms with Gasteiger partial charge >= 0.3 is 0 Å². The third-order valence-corrected chi connectivity index (χ3v) is 5.19. The monoisotopic (exact) mass is 487 g/mol. The smallest absolute Gasteiger partial charge is 0.175 e. The summed E-state index contributed by atoms with van der Waals surface area (Å²) in [6.45, 7) is 0.346. The van der Waals surface area contributed by atoms with Gasteiger partial charge in [-0.05, 0) is 75.1 Å². The van der Waals surface area contributed by atoms with E-state index >= 15 is 0 Å². The van der Waals surface area contributed by atoms with Gasteiger partial charge in [-0.2, -0.15) is 5.26 Å². The van der Waals surface area contributed by atoms with Crippen LogP contribution in [0.5, 0.6) is 11.5 Å². The van der Waals surface area contributed by atoms with E-state index in [4.69, 9.17) is 32.7 Å². The van der Waals surface area contributed by atoms with Gasteiger partial charge in [0, 0.05) is 10.0 Å². The first kappa shape index (κ1) is 21.3. The molecule has 0 spiro atoms. The maximum atomic E-state index is 9.56. The van der Waals surface area contributed by atoms with Crippen molar-refractivity contribution in [2.24, 2.45) is 0 Å². The van der Waals surface area contributed by atoms with Gasteiger partial charge in [0.05, 0.1) is 23.2 Å². The Balaban J connectivity index is 1.89. The highest BCUT2D eigenvalue weighted by molar-refractivity contribution is 9.10. The maximum Gasteiger partial charge on any atom is 0.175 e. The van der Waals surface area contributed by atoms with Gasteiger partial charge in [-0.1, -0.05) is 47.5 Å². The SMILES string of the molecule is COc1cc(/C=C(\C#N)c2ccc(Cl)cc2)cc(Br)c1OCc1cccc(Cl)c1. The van der Waals surface area contributed by atoms with Gasteiger partial charge in [-0.15, -0.1) is 0 Å². The molecule has 6 heteroatoms.